The SMILES string of the molecule is O=C(NCc1ccccc1Cl)C1CCCN(c2ccc3nncn3n2)C1. The average Bonchev–Trinajstić information content (AvgIpc) is 3.15. The largest absolute Gasteiger partial charge is 0.354 e. The maximum absolute atomic E-state index is 12.6. The van der Waals surface area contributed by atoms with Gasteiger partial charge in [0.15, 0.2) is 5.65 Å². The Bertz CT molecular complexity index is 927. The van der Waals surface area contributed by atoms with Crippen molar-refractivity contribution in [1.82, 2.24) is 25.1 Å². The summed E-state index contributed by atoms with van der Waals surface area (Å²) in [5, 5.41) is 16.0. The molecule has 0 saturated carbocycles. The van der Waals surface area contributed by atoms with Crippen molar-refractivity contribution < 1.29 is 4.79 Å². The van der Waals surface area contributed by atoms with Crippen LogP contribution >= 0.6 is 11.6 Å². The number of aromatic nitrogens is 4. The van der Waals surface area contributed by atoms with Crippen molar-refractivity contribution in [2.45, 2.75) is 19.4 Å². The van der Waals surface area contributed by atoms with Crippen LogP contribution in [-0.4, -0.2) is 38.8 Å². The number of rotatable bonds is 4. The Kier molecular flexibility index (Phi) is 4.71. The van der Waals surface area contributed by atoms with Gasteiger partial charge in [-0.2, -0.15) is 4.52 Å². The lowest BCUT2D eigenvalue weighted by Gasteiger charge is -2.32. The second-order valence-electron chi connectivity index (χ2n) is 6.42. The van der Waals surface area contributed by atoms with E-state index in [0.717, 1.165) is 30.8 Å². The smallest absolute Gasteiger partial charge is 0.225 e. The highest BCUT2D eigenvalue weighted by atomic mass is 35.5. The number of nitrogens with zero attached hydrogens (tertiary/aromatic N) is 5. The first-order valence-electron chi connectivity index (χ1n) is 8.64. The number of hydrogen-bond acceptors (Lipinski definition) is 5. The second kappa shape index (κ2) is 7.29. The first kappa shape index (κ1) is 16.8. The fourth-order valence-electron chi connectivity index (χ4n) is 3.25. The summed E-state index contributed by atoms with van der Waals surface area (Å²) in [6.45, 7) is 1.98. The van der Waals surface area contributed by atoms with E-state index in [2.05, 4.69) is 25.5 Å². The van der Waals surface area contributed by atoms with Gasteiger partial charge in [-0.1, -0.05) is 29.8 Å². The van der Waals surface area contributed by atoms with Crippen molar-refractivity contribution in [2.24, 2.45) is 5.92 Å². The summed E-state index contributed by atoms with van der Waals surface area (Å²) in [5.41, 5.74) is 1.63. The fraction of sp³-hybridized carbons (Fsp3) is 0.333. The minimum absolute atomic E-state index is 0.0556. The lowest BCUT2D eigenvalue weighted by molar-refractivity contribution is -0.125. The van der Waals surface area contributed by atoms with E-state index in [1.165, 1.54) is 0 Å². The Hall–Kier alpha value is -2.67. The molecule has 3 aromatic rings. The molecule has 1 N–H and O–H groups in total. The average molecular weight is 371 g/mol. The molecule has 1 aliphatic heterocycles. The van der Waals surface area contributed by atoms with E-state index in [9.17, 15) is 4.79 Å². The maximum atomic E-state index is 12.6. The first-order chi connectivity index (χ1) is 12.7. The van der Waals surface area contributed by atoms with Crippen LogP contribution in [0.3, 0.4) is 0 Å². The molecule has 0 spiro atoms. The summed E-state index contributed by atoms with van der Waals surface area (Å²) in [6, 6.07) is 11.4. The summed E-state index contributed by atoms with van der Waals surface area (Å²) in [5.74, 6) is 0.825. The normalized spacial score (nSPS) is 17.4. The van der Waals surface area contributed by atoms with Crippen LogP contribution in [0.2, 0.25) is 5.02 Å². The number of amides is 1. The first-order valence-corrected chi connectivity index (χ1v) is 9.01. The third-order valence-corrected chi connectivity index (χ3v) is 5.04. The number of nitrogens with one attached hydrogen (secondary N) is 1. The minimum atomic E-state index is -0.0651. The topological polar surface area (TPSA) is 75.4 Å². The van der Waals surface area contributed by atoms with Gasteiger partial charge in [-0.3, -0.25) is 4.79 Å². The summed E-state index contributed by atoms with van der Waals surface area (Å²) in [7, 11) is 0. The summed E-state index contributed by atoms with van der Waals surface area (Å²) in [6.07, 6.45) is 3.41. The Morgan fingerprint density at radius 2 is 2.15 bits per heavy atom. The van der Waals surface area contributed by atoms with Crippen molar-refractivity contribution in [3.63, 3.8) is 0 Å². The molecule has 0 aliphatic carbocycles. The number of benzene rings is 1. The summed E-state index contributed by atoms with van der Waals surface area (Å²) in [4.78, 5) is 14.7. The molecular formula is C18H19ClN6O. The van der Waals surface area contributed by atoms with Gasteiger partial charge in [-0.05, 0) is 36.6 Å². The molecule has 4 rings (SSSR count). The number of carbonyl (C=O) groups is 1. The van der Waals surface area contributed by atoms with E-state index in [1.807, 2.05) is 36.4 Å². The van der Waals surface area contributed by atoms with Crippen LogP contribution in [-0.2, 0) is 11.3 Å². The monoisotopic (exact) mass is 370 g/mol. The van der Waals surface area contributed by atoms with Gasteiger partial charge in [0.25, 0.3) is 0 Å². The van der Waals surface area contributed by atoms with Crippen molar-refractivity contribution in [2.75, 3.05) is 18.0 Å². The number of anilines is 1. The van der Waals surface area contributed by atoms with Crippen LogP contribution < -0.4 is 10.2 Å². The number of carbonyl (C=O) groups excluding carboxylic acids is 1. The van der Waals surface area contributed by atoms with E-state index in [4.69, 9.17) is 11.6 Å². The molecule has 8 heteroatoms. The quantitative estimate of drug-likeness (QED) is 0.762. The van der Waals surface area contributed by atoms with E-state index < -0.39 is 0 Å². The number of halogens is 1. The minimum Gasteiger partial charge on any atom is -0.354 e. The summed E-state index contributed by atoms with van der Waals surface area (Å²) < 4.78 is 1.65. The van der Waals surface area contributed by atoms with Crippen LogP contribution in [0, 0.1) is 5.92 Å². The zero-order valence-corrected chi connectivity index (χ0v) is 14.9. The van der Waals surface area contributed by atoms with Crippen molar-refractivity contribution in [3.05, 3.63) is 53.3 Å². The van der Waals surface area contributed by atoms with Gasteiger partial charge in [0, 0.05) is 24.7 Å². The van der Waals surface area contributed by atoms with Gasteiger partial charge in [0.05, 0.1) is 5.92 Å². The van der Waals surface area contributed by atoms with Gasteiger partial charge in [-0.15, -0.1) is 15.3 Å². The zero-order valence-electron chi connectivity index (χ0n) is 14.2. The molecule has 0 bridgehead atoms. The molecule has 1 aromatic carbocycles. The molecule has 0 radical (unpaired) electrons. The molecule has 2 aromatic heterocycles. The van der Waals surface area contributed by atoms with E-state index in [1.54, 1.807) is 10.8 Å². The Balaban J connectivity index is 1.41. The predicted molar refractivity (Wildman–Crippen MR) is 99.0 cm³/mol. The van der Waals surface area contributed by atoms with Gasteiger partial charge < -0.3 is 10.2 Å². The van der Waals surface area contributed by atoms with Gasteiger partial charge >= 0.3 is 0 Å². The second-order valence-corrected chi connectivity index (χ2v) is 6.83. The zero-order chi connectivity index (χ0) is 17.9. The third kappa shape index (κ3) is 3.48. The van der Waals surface area contributed by atoms with Crippen LogP contribution in [0.4, 0.5) is 5.82 Å². The highest BCUT2D eigenvalue weighted by molar-refractivity contribution is 6.31. The molecule has 3 heterocycles. The lowest BCUT2D eigenvalue weighted by atomic mass is 9.97. The molecule has 134 valence electrons. The molecule has 1 unspecified atom stereocenters. The molecule has 1 fully saturated rings. The standard InChI is InChI=1S/C18H19ClN6O/c19-15-6-2-1-4-13(15)10-20-18(26)14-5-3-9-24(11-14)17-8-7-16-22-21-12-25(16)23-17/h1-2,4,6-8,12,14H,3,5,9-11H2,(H,20,26). The van der Waals surface area contributed by atoms with Gasteiger partial charge in [-0.25, -0.2) is 0 Å². The number of fused-ring (bicyclic) bond motifs is 1. The van der Waals surface area contributed by atoms with Crippen LogP contribution in [0.5, 0.6) is 0 Å². The molecule has 26 heavy (non-hydrogen) atoms. The predicted octanol–water partition coefficient (Wildman–Crippen LogP) is 2.31. The Morgan fingerprint density at radius 1 is 1.27 bits per heavy atom. The maximum Gasteiger partial charge on any atom is 0.225 e. The van der Waals surface area contributed by atoms with Gasteiger partial charge in [0.2, 0.25) is 5.91 Å². The van der Waals surface area contributed by atoms with E-state index >= 15 is 0 Å². The molecule has 1 amide bonds. The number of piperidine rings is 1. The molecular weight excluding hydrogens is 352 g/mol. The highest BCUT2D eigenvalue weighted by Crippen LogP contribution is 2.22. The summed E-state index contributed by atoms with van der Waals surface area (Å²) >= 11 is 6.15. The van der Waals surface area contributed by atoms with Crippen LogP contribution in [0.1, 0.15) is 18.4 Å². The highest BCUT2D eigenvalue weighted by Gasteiger charge is 2.26. The Morgan fingerprint density at radius 3 is 3.04 bits per heavy atom. The fourth-order valence-corrected chi connectivity index (χ4v) is 3.46. The van der Waals surface area contributed by atoms with E-state index in [0.29, 0.717) is 23.8 Å². The molecule has 1 atom stereocenters. The number of hydrogen-bond donors (Lipinski definition) is 1. The lowest BCUT2D eigenvalue weighted by Crippen LogP contribution is -2.43. The van der Waals surface area contributed by atoms with E-state index in [-0.39, 0.29) is 11.8 Å². The molecule has 1 aliphatic rings. The van der Waals surface area contributed by atoms with Crippen molar-refractivity contribution in [3.8, 4) is 0 Å². The van der Waals surface area contributed by atoms with Crippen LogP contribution in [0.25, 0.3) is 5.65 Å². The Labute approximate surface area is 156 Å². The molecule has 7 nitrogen and oxygen atoms in total. The molecule has 1 saturated heterocycles. The van der Waals surface area contributed by atoms with Crippen LogP contribution in [0.15, 0.2) is 42.7 Å². The van der Waals surface area contributed by atoms with Gasteiger partial charge in [0.1, 0.15) is 12.1 Å². The van der Waals surface area contributed by atoms with Crippen molar-refractivity contribution >= 4 is 29.0 Å². The van der Waals surface area contributed by atoms with Crippen molar-refractivity contribution in [1.29, 1.82) is 0 Å². The third-order valence-electron chi connectivity index (χ3n) is 4.67.